The molecule has 7 aromatic carbocycles. The van der Waals surface area contributed by atoms with Gasteiger partial charge in [0.1, 0.15) is 23.0 Å². The fourth-order valence-electron chi connectivity index (χ4n) is 8.70. The molecule has 0 heterocycles. The third-order valence-corrected chi connectivity index (χ3v) is 13.5. The van der Waals surface area contributed by atoms with Crippen molar-refractivity contribution in [1.82, 2.24) is 0 Å². The topological polar surface area (TPSA) is 183 Å². The summed E-state index contributed by atoms with van der Waals surface area (Å²) in [6, 6.07) is 45.7. The van der Waals surface area contributed by atoms with Crippen molar-refractivity contribution in [1.29, 1.82) is 0 Å². The molecule has 0 saturated heterocycles. The number of Topliss-reactive ketones (excluding diaryl/α,β-unsaturated/α-hetero) is 1. The number of ether oxygens (including phenoxy) is 4. The molecule has 394 valence electrons. The quantitative estimate of drug-likeness (QED) is 0.0365. The molecule has 0 atom stereocenters. The number of allylic oxidation sites excluding steroid dienone is 1. The Morgan fingerprint density at radius 1 is 0.436 bits per heavy atom. The molecule has 1 fully saturated rings. The largest absolute Gasteiger partial charge is 0.497 e. The third-order valence-electron chi connectivity index (χ3n) is 13.5. The average molecular weight is 1050 g/mol. The van der Waals surface area contributed by atoms with Gasteiger partial charge in [-0.25, -0.2) is 4.79 Å². The standard InChI is InChI=1S/C63H55N3O12/c1-40(67)41-19-26-50(27-20-41)64(2)58(69)43-11-13-44(14-12-43)59(70)65(3)51-28-21-48(22-29-51)62(73)77-54-34-30-52(31-35-54)66(4)60(71)45-23-32-53(33-24-45)76-61(72)46-15-17-47(18-16-46)63(74)78-57-38-36-55(75-5)39-49(57)25-37-56(68)42-9-7-6-8-10-42/h6-14,19-39,46-47H,15-18H2,1-5H3/b37-25+. The fraction of sp³-hybridized carbons (Fsp3) is 0.175. The Hall–Kier alpha value is -9.76. The van der Waals surface area contributed by atoms with E-state index in [0.29, 0.717) is 81.9 Å². The zero-order valence-corrected chi connectivity index (χ0v) is 43.5. The molecule has 78 heavy (non-hydrogen) atoms. The SMILES string of the molecule is COc1ccc(OC(=O)C2CCC(C(=O)Oc3ccc(C(=O)N(C)c4ccc(OC(=O)c5ccc(N(C)C(=O)c6ccc(C(=O)N(C)c7ccc(C(C)=O)cc7)cc6)cc5)cc4)cc3)CC2)c(/C=C/C(=O)c2ccccc2)c1. The summed E-state index contributed by atoms with van der Waals surface area (Å²) in [6.07, 6.45) is 4.68. The highest BCUT2D eigenvalue weighted by atomic mass is 16.5. The van der Waals surface area contributed by atoms with Crippen LogP contribution < -0.4 is 33.6 Å². The van der Waals surface area contributed by atoms with Crippen LogP contribution in [-0.4, -0.2) is 75.4 Å². The van der Waals surface area contributed by atoms with Crippen LogP contribution in [0, 0.1) is 11.8 Å². The maximum absolute atomic E-state index is 13.5. The molecule has 15 nitrogen and oxygen atoms in total. The number of methoxy groups -OCH3 is 1. The molecule has 0 unspecified atom stereocenters. The van der Waals surface area contributed by atoms with Crippen molar-refractivity contribution in [2.24, 2.45) is 11.8 Å². The number of esters is 3. The van der Waals surface area contributed by atoms with Crippen LogP contribution in [0.25, 0.3) is 6.08 Å². The number of carbonyl (C=O) groups is 8. The molecule has 1 aliphatic carbocycles. The third kappa shape index (κ3) is 13.2. The van der Waals surface area contributed by atoms with E-state index in [9.17, 15) is 38.4 Å². The van der Waals surface area contributed by atoms with Gasteiger partial charge in [0.05, 0.1) is 24.5 Å². The van der Waals surface area contributed by atoms with E-state index in [2.05, 4.69) is 0 Å². The predicted molar refractivity (Wildman–Crippen MR) is 295 cm³/mol. The van der Waals surface area contributed by atoms with Gasteiger partial charge in [0.25, 0.3) is 17.7 Å². The molecule has 15 heteroatoms. The van der Waals surface area contributed by atoms with Crippen molar-refractivity contribution in [2.45, 2.75) is 32.6 Å². The summed E-state index contributed by atoms with van der Waals surface area (Å²) in [5.41, 5.74) is 4.52. The molecular weight excluding hydrogens is 991 g/mol. The molecule has 1 aliphatic rings. The maximum Gasteiger partial charge on any atom is 0.343 e. The Kier molecular flexibility index (Phi) is 17.3. The molecule has 0 radical (unpaired) electrons. The lowest BCUT2D eigenvalue weighted by molar-refractivity contribution is -0.145. The Bertz CT molecular complexity index is 3390. The lowest BCUT2D eigenvalue weighted by atomic mass is 9.82. The minimum atomic E-state index is -0.634. The second-order valence-electron chi connectivity index (χ2n) is 18.6. The molecule has 8 rings (SSSR count). The summed E-state index contributed by atoms with van der Waals surface area (Å²) in [4.78, 5) is 108. The smallest absolute Gasteiger partial charge is 0.343 e. The zero-order chi connectivity index (χ0) is 55.5. The summed E-state index contributed by atoms with van der Waals surface area (Å²) in [5, 5.41) is 0. The number of carbonyl (C=O) groups excluding carboxylic acids is 8. The van der Waals surface area contributed by atoms with E-state index in [1.54, 1.807) is 191 Å². The Morgan fingerprint density at radius 3 is 1.31 bits per heavy atom. The van der Waals surface area contributed by atoms with Crippen LogP contribution in [0.15, 0.2) is 176 Å². The normalized spacial score (nSPS) is 13.9. The molecular formula is C63H55N3O12. The first kappa shape index (κ1) is 54.5. The van der Waals surface area contributed by atoms with Crippen molar-refractivity contribution in [3.8, 4) is 23.0 Å². The number of hydrogen-bond donors (Lipinski definition) is 0. The van der Waals surface area contributed by atoms with Crippen LogP contribution in [0.5, 0.6) is 23.0 Å². The minimum absolute atomic E-state index is 0.0716. The van der Waals surface area contributed by atoms with Gasteiger partial charge in [0.15, 0.2) is 11.6 Å². The second kappa shape index (κ2) is 24.7. The molecule has 0 aliphatic heterocycles. The van der Waals surface area contributed by atoms with E-state index in [0.717, 1.165) is 0 Å². The van der Waals surface area contributed by atoms with Crippen molar-refractivity contribution in [2.75, 3.05) is 43.0 Å². The summed E-state index contributed by atoms with van der Waals surface area (Å²) in [7, 11) is 6.35. The molecule has 1 saturated carbocycles. The summed E-state index contributed by atoms with van der Waals surface area (Å²) < 4.78 is 22.5. The van der Waals surface area contributed by atoms with Gasteiger partial charge in [-0.15, -0.1) is 0 Å². The van der Waals surface area contributed by atoms with E-state index in [1.807, 2.05) is 6.07 Å². The van der Waals surface area contributed by atoms with Crippen molar-refractivity contribution in [3.05, 3.63) is 215 Å². The van der Waals surface area contributed by atoms with Gasteiger partial charge in [-0.3, -0.25) is 33.6 Å². The van der Waals surface area contributed by atoms with Crippen LogP contribution in [0.4, 0.5) is 17.1 Å². The van der Waals surface area contributed by atoms with Crippen LogP contribution >= 0.6 is 0 Å². The monoisotopic (exact) mass is 1050 g/mol. The first-order valence-electron chi connectivity index (χ1n) is 25.0. The number of rotatable bonds is 17. The van der Waals surface area contributed by atoms with E-state index < -0.39 is 29.7 Å². The molecule has 0 N–H and O–H groups in total. The van der Waals surface area contributed by atoms with E-state index in [4.69, 9.17) is 18.9 Å². The molecule has 0 bridgehead atoms. The number of amides is 3. The summed E-state index contributed by atoms with van der Waals surface area (Å²) in [6.45, 7) is 1.47. The van der Waals surface area contributed by atoms with Crippen LogP contribution in [-0.2, 0) is 9.59 Å². The molecule has 0 aromatic heterocycles. The minimum Gasteiger partial charge on any atom is -0.497 e. The van der Waals surface area contributed by atoms with Crippen molar-refractivity contribution in [3.63, 3.8) is 0 Å². The average Bonchev–Trinajstić information content (AvgIpc) is 3.48. The van der Waals surface area contributed by atoms with Gasteiger partial charge in [0.2, 0.25) is 0 Å². The number of benzene rings is 7. The van der Waals surface area contributed by atoms with Gasteiger partial charge >= 0.3 is 17.9 Å². The van der Waals surface area contributed by atoms with E-state index in [-0.39, 0.29) is 52.1 Å². The Morgan fingerprint density at radius 2 is 0.833 bits per heavy atom. The van der Waals surface area contributed by atoms with E-state index >= 15 is 0 Å². The van der Waals surface area contributed by atoms with Crippen LogP contribution in [0.2, 0.25) is 0 Å². The number of hydrogen-bond acceptors (Lipinski definition) is 12. The lowest BCUT2D eigenvalue weighted by Gasteiger charge is -2.26. The zero-order valence-electron chi connectivity index (χ0n) is 43.5. The van der Waals surface area contributed by atoms with Crippen molar-refractivity contribution >= 4 is 70.3 Å². The highest BCUT2D eigenvalue weighted by Crippen LogP contribution is 2.34. The summed E-state index contributed by atoms with van der Waals surface area (Å²) >= 11 is 0. The Labute approximate surface area is 451 Å². The first-order chi connectivity index (χ1) is 37.6. The highest BCUT2D eigenvalue weighted by Gasteiger charge is 2.33. The second-order valence-corrected chi connectivity index (χ2v) is 18.6. The number of nitrogens with zero attached hydrogens (tertiary/aromatic N) is 3. The highest BCUT2D eigenvalue weighted by molar-refractivity contribution is 6.10. The van der Waals surface area contributed by atoms with Crippen molar-refractivity contribution < 1.29 is 57.3 Å². The van der Waals surface area contributed by atoms with Crippen LogP contribution in [0.1, 0.15) is 100 Å². The molecule has 0 spiro atoms. The van der Waals surface area contributed by atoms with Gasteiger partial charge in [-0.2, -0.15) is 0 Å². The predicted octanol–water partition coefficient (Wildman–Crippen LogP) is 11.2. The molecule has 3 amide bonds. The maximum atomic E-state index is 13.5. The van der Waals surface area contributed by atoms with Gasteiger partial charge < -0.3 is 33.6 Å². The van der Waals surface area contributed by atoms with E-state index in [1.165, 1.54) is 34.8 Å². The molecule has 7 aromatic rings. The fourth-order valence-corrected chi connectivity index (χ4v) is 8.70. The Balaban J connectivity index is 0.777. The number of ketones is 2. The summed E-state index contributed by atoms with van der Waals surface area (Å²) in [5.74, 6) is -2.28. The van der Waals surface area contributed by atoms with Gasteiger partial charge in [0, 0.05) is 71.6 Å². The van der Waals surface area contributed by atoms with Gasteiger partial charge in [-0.1, -0.05) is 30.3 Å². The lowest BCUT2D eigenvalue weighted by Crippen LogP contribution is -2.30. The van der Waals surface area contributed by atoms with Crippen LogP contribution in [0.3, 0.4) is 0 Å². The number of anilines is 3. The van der Waals surface area contributed by atoms with Gasteiger partial charge in [-0.05, 0) is 184 Å². The first-order valence-corrected chi connectivity index (χ1v) is 25.0.